The zero-order valence-corrected chi connectivity index (χ0v) is 18.5. The number of piperidine rings is 1. The lowest BCUT2D eigenvalue weighted by Crippen LogP contribution is -2.56. The highest BCUT2D eigenvalue weighted by Crippen LogP contribution is 2.48. The highest BCUT2D eigenvalue weighted by Gasteiger charge is 2.47. The van der Waals surface area contributed by atoms with Crippen molar-refractivity contribution in [2.75, 3.05) is 53.1 Å². The van der Waals surface area contributed by atoms with Gasteiger partial charge in [-0.1, -0.05) is 13.8 Å². The van der Waals surface area contributed by atoms with E-state index in [2.05, 4.69) is 33.6 Å². The third-order valence-electron chi connectivity index (χ3n) is 7.37. The number of hydrogen-bond donors (Lipinski definition) is 0. The smallest absolute Gasteiger partial charge is 0.130 e. The van der Waals surface area contributed by atoms with Crippen LogP contribution >= 0.6 is 0 Å². The maximum Gasteiger partial charge on any atom is 0.130 e. The molecule has 1 saturated carbocycles. The van der Waals surface area contributed by atoms with Crippen LogP contribution in [0, 0.1) is 11.3 Å². The van der Waals surface area contributed by atoms with E-state index in [1.165, 1.54) is 31.2 Å². The Kier molecular flexibility index (Phi) is 6.84. The molecule has 162 valence electrons. The van der Waals surface area contributed by atoms with Gasteiger partial charge in [-0.3, -0.25) is 9.80 Å². The maximum absolute atomic E-state index is 5.78. The van der Waals surface area contributed by atoms with E-state index in [0.717, 1.165) is 70.3 Å². The molecule has 2 aliphatic heterocycles. The van der Waals surface area contributed by atoms with E-state index in [1.54, 1.807) is 0 Å². The van der Waals surface area contributed by atoms with Crippen molar-refractivity contribution >= 4 is 0 Å². The highest BCUT2D eigenvalue weighted by atomic mass is 16.5. The second-order valence-corrected chi connectivity index (χ2v) is 9.67. The minimum absolute atomic E-state index is 0.300. The largest absolute Gasteiger partial charge is 0.384 e. The van der Waals surface area contributed by atoms with Gasteiger partial charge in [-0.05, 0) is 38.1 Å². The van der Waals surface area contributed by atoms with E-state index in [4.69, 9.17) is 9.47 Å². The number of nitrogens with zero attached hydrogens (tertiary/aromatic N) is 4. The first-order valence-corrected chi connectivity index (χ1v) is 11.4. The molecular formula is C23H38N4O2. The normalized spacial score (nSPS) is 31.7. The molecule has 2 saturated heterocycles. The summed E-state index contributed by atoms with van der Waals surface area (Å²) in [5, 5.41) is 0. The third kappa shape index (κ3) is 4.82. The van der Waals surface area contributed by atoms with E-state index in [-0.39, 0.29) is 0 Å². The number of fused-ring (bicyclic) bond motifs is 1. The molecule has 6 heteroatoms. The van der Waals surface area contributed by atoms with E-state index in [9.17, 15) is 0 Å². The fraction of sp³-hybridized carbons (Fsp3) is 0.826. The van der Waals surface area contributed by atoms with Crippen LogP contribution in [0.5, 0.6) is 0 Å². The van der Waals surface area contributed by atoms with Crippen molar-refractivity contribution in [3.8, 4) is 0 Å². The molecule has 1 aromatic rings. The quantitative estimate of drug-likeness (QED) is 0.729. The first-order valence-electron chi connectivity index (χ1n) is 11.4. The van der Waals surface area contributed by atoms with Crippen molar-refractivity contribution < 1.29 is 9.47 Å². The van der Waals surface area contributed by atoms with Crippen LogP contribution in [0.15, 0.2) is 12.4 Å². The molecule has 29 heavy (non-hydrogen) atoms. The van der Waals surface area contributed by atoms with Crippen LogP contribution in [-0.4, -0.2) is 78.9 Å². The Morgan fingerprint density at radius 2 is 1.93 bits per heavy atom. The summed E-state index contributed by atoms with van der Waals surface area (Å²) in [5.41, 5.74) is 1.52. The third-order valence-corrected chi connectivity index (χ3v) is 7.37. The summed E-state index contributed by atoms with van der Waals surface area (Å²) < 4.78 is 11.3. The van der Waals surface area contributed by atoms with Crippen molar-refractivity contribution in [3.05, 3.63) is 23.8 Å². The van der Waals surface area contributed by atoms with Crippen LogP contribution in [0.25, 0.3) is 0 Å². The fourth-order valence-electron chi connectivity index (χ4n) is 5.78. The summed E-state index contributed by atoms with van der Waals surface area (Å²) in [6.07, 6.45) is 9.20. The highest BCUT2D eigenvalue weighted by molar-refractivity contribution is 5.08. The molecule has 0 N–H and O–H groups in total. The van der Waals surface area contributed by atoms with E-state index in [0.29, 0.717) is 11.3 Å². The number of rotatable bonds is 6. The topological polar surface area (TPSA) is 50.7 Å². The van der Waals surface area contributed by atoms with Gasteiger partial charge >= 0.3 is 0 Å². The Bertz CT molecular complexity index is 647. The van der Waals surface area contributed by atoms with Gasteiger partial charge in [0.05, 0.1) is 19.8 Å². The minimum atomic E-state index is 0.300. The van der Waals surface area contributed by atoms with Crippen molar-refractivity contribution in [1.82, 2.24) is 19.8 Å². The average molecular weight is 403 g/mol. The molecule has 3 heterocycles. The molecule has 1 aromatic heterocycles. The molecule has 1 aliphatic carbocycles. The summed E-state index contributed by atoms with van der Waals surface area (Å²) in [6.45, 7) is 12.4. The molecule has 6 nitrogen and oxygen atoms in total. The second kappa shape index (κ2) is 9.38. The fourth-order valence-corrected chi connectivity index (χ4v) is 5.78. The van der Waals surface area contributed by atoms with Gasteiger partial charge in [0, 0.05) is 68.6 Å². The van der Waals surface area contributed by atoms with Gasteiger partial charge in [0.2, 0.25) is 0 Å². The molecule has 0 unspecified atom stereocenters. The van der Waals surface area contributed by atoms with Crippen LogP contribution < -0.4 is 0 Å². The predicted octanol–water partition coefficient (Wildman–Crippen LogP) is 2.94. The second-order valence-electron chi connectivity index (χ2n) is 9.67. The van der Waals surface area contributed by atoms with Crippen LogP contribution in [0.4, 0.5) is 0 Å². The predicted molar refractivity (Wildman–Crippen MR) is 114 cm³/mol. The summed E-state index contributed by atoms with van der Waals surface area (Å²) in [6, 6.07) is 0.734. The SMILES string of the molecule is COC[C@]12CC[C@H](N3CCOCC3)C[C@@H]1CCN(Cc1cnc(C(C)C)nc1)C2. The number of methoxy groups -OCH3 is 1. The molecular weight excluding hydrogens is 364 g/mol. The Morgan fingerprint density at radius 3 is 2.62 bits per heavy atom. The molecule has 0 aromatic carbocycles. The monoisotopic (exact) mass is 402 g/mol. The summed E-state index contributed by atoms with van der Waals surface area (Å²) >= 11 is 0. The zero-order chi connectivity index (χ0) is 20.3. The van der Waals surface area contributed by atoms with Gasteiger partial charge in [0.1, 0.15) is 5.82 Å². The Labute approximate surface area is 176 Å². The van der Waals surface area contributed by atoms with Crippen molar-refractivity contribution in [2.24, 2.45) is 11.3 Å². The lowest BCUT2D eigenvalue weighted by Gasteiger charge is -2.54. The Morgan fingerprint density at radius 1 is 1.17 bits per heavy atom. The number of likely N-dealkylation sites (tertiary alicyclic amines) is 1. The molecule has 0 bridgehead atoms. The Balaban J connectivity index is 1.40. The van der Waals surface area contributed by atoms with E-state index < -0.39 is 0 Å². The van der Waals surface area contributed by atoms with Gasteiger partial charge in [0.25, 0.3) is 0 Å². The van der Waals surface area contributed by atoms with Gasteiger partial charge < -0.3 is 9.47 Å². The number of ether oxygens (including phenoxy) is 2. The summed E-state index contributed by atoms with van der Waals surface area (Å²) in [5.74, 6) is 2.08. The number of hydrogen-bond acceptors (Lipinski definition) is 6. The van der Waals surface area contributed by atoms with Crippen LogP contribution in [-0.2, 0) is 16.0 Å². The molecule has 0 amide bonds. The summed E-state index contributed by atoms with van der Waals surface area (Å²) in [7, 11) is 1.87. The summed E-state index contributed by atoms with van der Waals surface area (Å²) in [4.78, 5) is 14.4. The van der Waals surface area contributed by atoms with Gasteiger partial charge in [-0.15, -0.1) is 0 Å². The Hall–Kier alpha value is -1.08. The standard InChI is InChI=1S/C23H38N4O2/c1-18(2)22-24-13-19(14-25-22)15-26-7-5-20-12-21(27-8-10-29-11-9-27)4-6-23(20,16-26)17-28-3/h13-14,18,20-21H,4-12,15-17H2,1-3H3/t20-,21-,23+/m0/s1. The minimum Gasteiger partial charge on any atom is -0.384 e. The van der Waals surface area contributed by atoms with Gasteiger partial charge in [0.15, 0.2) is 0 Å². The molecule has 4 rings (SSSR count). The molecule has 0 spiro atoms. The number of morpholine rings is 1. The molecule has 3 atom stereocenters. The first-order chi connectivity index (χ1) is 14.1. The maximum atomic E-state index is 5.78. The van der Waals surface area contributed by atoms with Gasteiger partial charge in [-0.2, -0.15) is 0 Å². The molecule has 3 fully saturated rings. The lowest BCUT2D eigenvalue weighted by atomic mass is 9.62. The lowest BCUT2D eigenvalue weighted by molar-refractivity contribution is -0.0871. The van der Waals surface area contributed by atoms with Gasteiger partial charge in [-0.25, -0.2) is 9.97 Å². The van der Waals surface area contributed by atoms with Crippen molar-refractivity contribution in [3.63, 3.8) is 0 Å². The zero-order valence-electron chi connectivity index (χ0n) is 18.5. The number of aromatic nitrogens is 2. The average Bonchev–Trinajstić information content (AvgIpc) is 2.74. The molecule has 3 aliphatic rings. The van der Waals surface area contributed by atoms with E-state index in [1.807, 2.05) is 19.5 Å². The van der Waals surface area contributed by atoms with E-state index >= 15 is 0 Å². The molecule has 0 radical (unpaired) electrons. The first kappa shape index (κ1) is 21.2. The van der Waals surface area contributed by atoms with Crippen LogP contribution in [0.1, 0.15) is 56.8 Å². The van der Waals surface area contributed by atoms with Crippen molar-refractivity contribution in [2.45, 2.75) is 58.0 Å². The van der Waals surface area contributed by atoms with Crippen LogP contribution in [0.3, 0.4) is 0 Å². The van der Waals surface area contributed by atoms with Crippen LogP contribution in [0.2, 0.25) is 0 Å². The van der Waals surface area contributed by atoms with Crippen molar-refractivity contribution in [1.29, 1.82) is 0 Å².